The number of aromatic amines is 1. The molecule has 2 aromatic heterocycles. The summed E-state index contributed by atoms with van der Waals surface area (Å²) in [5.41, 5.74) is 5.99. The first kappa shape index (κ1) is 26.8. The average Bonchev–Trinajstić information content (AvgIpc) is 3.52. The van der Waals surface area contributed by atoms with Crippen LogP contribution in [0.1, 0.15) is 24.0 Å². The minimum atomic E-state index is -5.08. The number of nitrogens with one attached hydrogen (secondary N) is 2. The highest BCUT2D eigenvalue weighted by molar-refractivity contribution is 7.18. The summed E-state index contributed by atoms with van der Waals surface area (Å²) in [6.45, 7) is 5.43. The highest BCUT2D eigenvalue weighted by Gasteiger charge is 2.38. The van der Waals surface area contributed by atoms with Gasteiger partial charge in [-0.1, -0.05) is 30.3 Å². The number of imidazole rings is 1. The maximum atomic E-state index is 10.6. The molecule has 1 aliphatic rings. The molecule has 0 amide bonds. The summed E-state index contributed by atoms with van der Waals surface area (Å²) >= 11 is 1.80. The molecule has 6 nitrogen and oxygen atoms in total. The standard InChI is InChI=1S/C25H28N4S.C2HF3O2/c1-17-5-3-8-21-24(17)28-25(27-21)23-10-9-22(30-23)19-7-4-6-18(15-19)16-26-20-11-13-29(2)14-12-20;3-2(4,5)1(6)7/h3-10,15,20,26H,11-14,16H2,1-2H3,(H,27,28);(H,6,7). The monoisotopic (exact) mass is 530 g/mol. The quantitative estimate of drug-likeness (QED) is 0.291. The number of para-hydroxylation sites is 1. The number of likely N-dealkylation sites (tertiary alicyclic amines) is 1. The largest absolute Gasteiger partial charge is 0.490 e. The van der Waals surface area contributed by atoms with Crippen LogP contribution < -0.4 is 5.32 Å². The molecule has 0 saturated carbocycles. The Bertz CT molecular complexity index is 1360. The molecule has 0 spiro atoms. The van der Waals surface area contributed by atoms with Gasteiger partial charge in [0.1, 0.15) is 5.82 Å². The van der Waals surface area contributed by atoms with Crippen LogP contribution in [0.3, 0.4) is 0 Å². The number of nitrogens with zero attached hydrogens (tertiary/aromatic N) is 2. The first-order valence-corrected chi connectivity index (χ1v) is 12.8. The molecule has 0 aliphatic carbocycles. The van der Waals surface area contributed by atoms with E-state index in [4.69, 9.17) is 14.9 Å². The third kappa shape index (κ3) is 6.97. The number of rotatable bonds is 5. The van der Waals surface area contributed by atoms with Gasteiger partial charge < -0.3 is 20.3 Å². The van der Waals surface area contributed by atoms with E-state index in [9.17, 15) is 13.2 Å². The van der Waals surface area contributed by atoms with Crippen molar-refractivity contribution in [2.24, 2.45) is 0 Å². The van der Waals surface area contributed by atoms with Crippen molar-refractivity contribution in [3.63, 3.8) is 0 Å². The van der Waals surface area contributed by atoms with Crippen molar-refractivity contribution >= 4 is 28.3 Å². The van der Waals surface area contributed by atoms with Crippen LogP contribution in [0.4, 0.5) is 13.2 Å². The smallest absolute Gasteiger partial charge is 0.475 e. The zero-order valence-corrected chi connectivity index (χ0v) is 21.4. The second-order valence-electron chi connectivity index (χ2n) is 9.18. The predicted molar refractivity (Wildman–Crippen MR) is 141 cm³/mol. The Hall–Kier alpha value is -3.21. The lowest BCUT2D eigenvalue weighted by molar-refractivity contribution is -0.192. The summed E-state index contributed by atoms with van der Waals surface area (Å²) in [5, 5.41) is 10.9. The number of fused-ring (bicyclic) bond motifs is 1. The van der Waals surface area contributed by atoms with Crippen LogP contribution in [0, 0.1) is 6.92 Å². The molecular weight excluding hydrogens is 501 g/mol. The van der Waals surface area contributed by atoms with Gasteiger partial charge in [-0.25, -0.2) is 9.78 Å². The molecule has 10 heteroatoms. The van der Waals surface area contributed by atoms with E-state index >= 15 is 0 Å². The van der Waals surface area contributed by atoms with E-state index < -0.39 is 12.1 Å². The molecule has 1 fully saturated rings. The van der Waals surface area contributed by atoms with Gasteiger partial charge in [-0.3, -0.25) is 0 Å². The molecule has 5 rings (SSSR count). The number of carboxylic acids is 1. The maximum absolute atomic E-state index is 10.6. The molecule has 3 heterocycles. The zero-order chi connectivity index (χ0) is 26.6. The fourth-order valence-corrected chi connectivity index (χ4v) is 5.17. The Labute approximate surface area is 217 Å². The minimum Gasteiger partial charge on any atom is -0.475 e. The zero-order valence-electron chi connectivity index (χ0n) is 20.6. The van der Waals surface area contributed by atoms with Gasteiger partial charge in [-0.2, -0.15) is 13.2 Å². The summed E-state index contributed by atoms with van der Waals surface area (Å²) in [6, 6.07) is 20.2. The number of aliphatic carboxylic acids is 1. The van der Waals surface area contributed by atoms with Crippen LogP contribution >= 0.6 is 11.3 Å². The van der Waals surface area contributed by atoms with Gasteiger partial charge >= 0.3 is 12.1 Å². The molecule has 0 radical (unpaired) electrons. The number of alkyl halides is 3. The Balaban J connectivity index is 0.000000405. The molecule has 196 valence electrons. The maximum Gasteiger partial charge on any atom is 0.490 e. The SMILES string of the molecule is Cc1cccc2[nH]c(-c3ccc(-c4cccc(CNC5CCN(C)CC5)c4)s3)nc12.O=C(O)C(F)(F)F. The fourth-order valence-electron chi connectivity index (χ4n) is 4.22. The lowest BCUT2D eigenvalue weighted by Crippen LogP contribution is -2.40. The second-order valence-corrected chi connectivity index (χ2v) is 10.3. The van der Waals surface area contributed by atoms with E-state index in [2.05, 4.69) is 83.8 Å². The number of aryl methyl sites for hydroxylation is 1. The number of aromatic nitrogens is 2. The van der Waals surface area contributed by atoms with Crippen molar-refractivity contribution in [2.45, 2.75) is 38.5 Å². The van der Waals surface area contributed by atoms with Crippen molar-refractivity contribution in [3.05, 3.63) is 65.7 Å². The van der Waals surface area contributed by atoms with Crippen molar-refractivity contribution in [3.8, 4) is 21.1 Å². The first-order chi connectivity index (χ1) is 17.6. The van der Waals surface area contributed by atoms with Crippen LogP contribution in [0.15, 0.2) is 54.6 Å². The van der Waals surface area contributed by atoms with Crippen molar-refractivity contribution in [1.29, 1.82) is 0 Å². The lowest BCUT2D eigenvalue weighted by Gasteiger charge is -2.29. The van der Waals surface area contributed by atoms with Crippen LogP contribution in [0.2, 0.25) is 0 Å². The molecular formula is C27H29F3N4O2S. The molecule has 0 atom stereocenters. The molecule has 4 aromatic rings. The summed E-state index contributed by atoms with van der Waals surface area (Å²) in [7, 11) is 2.21. The van der Waals surface area contributed by atoms with Gasteiger partial charge in [-0.05, 0) is 80.9 Å². The van der Waals surface area contributed by atoms with Crippen LogP contribution in [-0.4, -0.2) is 58.3 Å². The molecule has 1 aliphatic heterocycles. The van der Waals surface area contributed by atoms with Gasteiger partial charge in [0.25, 0.3) is 0 Å². The van der Waals surface area contributed by atoms with E-state index in [0.29, 0.717) is 6.04 Å². The van der Waals surface area contributed by atoms with Gasteiger partial charge in [0.05, 0.1) is 15.9 Å². The predicted octanol–water partition coefficient (Wildman–Crippen LogP) is 6.08. The Kier molecular flexibility index (Phi) is 8.31. The van der Waals surface area contributed by atoms with Crippen molar-refractivity contribution in [1.82, 2.24) is 20.2 Å². The van der Waals surface area contributed by atoms with Gasteiger partial charge in [0.15, 0.2) is 0 Å². The number of H-pyrrole nitrogens is 1. The number of halogens is 3. The van der Waals surface area contributed by atoms with Crippen molar-refractivity contribution < 1.29 is 23.1 Å². The van der Waals surface area contributed by atoms with E-state index in [-0.39, 0.29) is 0 Å². The number of thiophene rings is 1. The Morgan fingerprint density at radius 2 is 1.81 bits per heavy atom. The molecule has 1 saturated heterocycles. The first-order valence-electron chi connectivity index (χ1n) is 12.0. The molecule has 0 unspecified atom stereocenters. The number of benzene rings is 2. The lowest BCUT2D eigenvalue weighted by atomic mass is 10.0. The molecule has 3 N–H and O–H groups in total. The number of hydrogen-bond acceptors (Lipinski definition) is 5. The number of piperidine rings is 1. The van der Waals surface area contributed by atoms with Gasteiger partial charge in [-0.15, -0.1) is 11.3 Å². The van der Waals surface area contributed by atoms with Crippen LogP contribution in [0.5, 0.6) is 0 Å². The summed E-state index contributed by atoms with van der Waals surface area (Å²) < 4.78 is 31.7. The highest BCUT2D eigenvalue weighted by atomic mass is 32.1. The van der Waals surface area contributed by atoms with Crippen molar-refractivity contribution in [2.75, 3.05) is 20.1 Å². The number of carbonyl (C=O) groups is 1. The van der Waals surface area contributed by atoms with E-state index in [1.807, 2.05) is 0 Å². The highest BCUT2D eigenvalue weighted by Crippen LogP contribution is 2.34. The van der Waals surface area contributed by atoms with E-state index in [1.54, 1.807) is 11.3 Å². The molecule has 2 aromatic carbocycles. The normalized spacial score (nSPS) is 14.9. The van der Waals surface area contributed by atoms with Crippen LogP contribution in [-0.2, 0) is 11.3 Å². The van der Waals surface area contributed by atoms with E-state index in [0.717, 1.165) is 23.4 Å². The number of hydrogen-bond donors (Lipinski definition) is 3. The Morgan fingerprint density at radius 1 is 1.14 bits per heavy atom. The van der Waals surface area contributed by atoms with Gasteiger partial charge in [0.2, 0.25) is 0 Å². The Morgan fingerprint density at radius 3 is 2.49 bits per heavy atom. The van der Waals surface area contributed by atoms with Crippen LogP contribution in [0.25, 0.3) is 32.2 Å². The summed E-state index contributed by atoms with van der Waals surface area (Å²) in [4.78, 5) is 22.1. The summed E-state index contributed by atoms with van der Waals surface area (Å²) in [6.07, 6.45) is -2.61. The third-order valence-electron chi connectivity index (χ3n) is 6.32. The molecule has 0 bridgehead atoms. The third-order valence-corrected chi connectivity index (χ3v) is 7.46. The van der Waals surface area contributed by atoms with Gasteiger partial charge in [0, 0.05) is 17.5 Å². The summed E-state index contributed by atoms with van der Waals surface area (Å²) in [5.74, 6) is -1.80. The number of carboxylic acid groups (broad SMARTS) is 1. The fraction of sp³-hybridized carbons (Fsp3) is 0.333. The average molecular weight is 531 g/mol. The topological polar surface area (TPSA) is 81.2 Å². The minimum absolute atomic E-state index is 0.634. The molecule has 37 heavy (non-hydrogen) atoms. The van der Waals surface area contributed by atoms with E-state index in [1.165, 1.54) is 52.4 Å². The second kappa shape index (κ2) is 11.5.